The molecule has 1 aliphatic heterocycles. The molecule has 0 bridgehead atoms. The molecule has 0 saturated carbocycles. The van der Waals surface area contributed by atoms with Gasteiger partial charge in [-0.1, -0.05) is 91.0 Å². The number of fused-ring (bicyclic) bond motifs is 5. The summed E-state index contributed by atoms with van der Waals surface area (Å²) in [5.74, 6) is 0.627. The summed E-state index contributed by atoms with van der Waals surface area (Å²) in [6.45, 7) is 0. The van der Waals surface area contributed by atoms with E-state index in [0.29, 0.717) is 11.5 Å². The van der Waals surface area contributed by atoms with E-state index in [1.54, 1.807) is 0 Å². The molecule has 1 aliphatic rings. The van der Waals surface area contributed by atoms with Crippen molar-refractivity contribution in [2.24, 2.45) is 0 Å². The molecule has 0 atom stereocenters. The van der Waals surface area contributed by atoms with Gasteiger partial charge in [-0.15, -0.1) is 0 Å². The fourth-order valence-electron chi connectivity index (χ4n) is 5.44. The van der Waals surface area contributed by atoms with Crippen LogP contribution in [0.2, 0.25) is 0 Å². The van der Waals surface area contributed by atoms with Crippen molar-refractivity contribution in [3.05, 3.63) is 115 Å². The van der Waals surface area contributed by atoms with Crippen LogP contribution in [0.15, 0.2) is 120 Å². The summed E-state index contributed by atoms with van der Waals surface area (Å²) in [6.07, 6.45) is 0. The molecular formula is C32H19N3O. The maximum Gasteiger partial charge on any atom is 0.236 e. The second-order valence-corrected chi connectivity index (χ2v) is 9.05. The molecule has 36 heavy (non-hydrogen) atoms. The maximum absolute atomic E-state index is 6.32. The first kappa shape index (κ1) is 19.4. The lowest BCUT2D eigenvalue weighted by Crippen LogP contribution is -2.17. The van der Waals surface area contributed by atoms with E-state index in [9.17, 15) is 0 Å². The van der Waals surface area contributed by atoms with Gasteiger partial charge in [-0.3, -0.25) is 4.90 Å². The number of hydrogen-bond donors (Lipinski definition) is 0. The summed E-state index contributed by atoms with van der Waals surface area (Å²) in [6, 6.07) is 39.7. The Morgan fingerprint density at radius 2 is 1.31 bits per heavy atom. The number of rotatable bonds is 2. The van der Waals surface area contributed by atoms with Crippen LogP contribution in [0.4, 0.5) is 17.3 Å². The Morgan fingerprint density at radius 3 is 2.22 bits per heavy atom. The molecule has 0 saturated heterocycles. The monoisotopic (exact) mass is 461 g/mol. The van der Waals surface area contributed by atoms with Crippen LogP contribution in [0.1, 0.15) is 0 Å². The highest BCUT2D eigenvalue weighted by Gasteiger charge is 2.29. The smallest absolute Gasteiger partial charge is 0.236 e. The van der Waals surface area contributed by atoms with Gasteiger partial charge in [0.1, 0.15) is 16.8 Å². The lowest BCUT2D eigenvalue weighted by atomic mass is 9.91. The molecule has 0 fully saturated rings. The maximum atomic E-state index is 6.32. The average Bonchev–Trinajstić information content (AvgIpc) is 3.32. The molecule has 0 N–H and O–H groups in total. The SMILES string of the molecule is c1ccc(-c2nc(N3c4ccccc4-c4cccc5cccc3c45)nc3c2oc2ccccc23)cc1. The van der Waals surface area contributed by atoms with Crippen LogP contribution in [0, 0.1) is 0 Å². The van der Waals surface area contributed by atoms with Crippen LogP contribution < -0.4 is 4.90 Å². The molecule has 0 unspecified atom stereocenters. The van der Waals surface area contributed by atoms with Crippen LogP contribution >= 0.6 is 0 Å². The van der Waals surface area contributed by atoms with E-state index < -0.39 is 0 Å². The van der Waals surface area contributed by atoms with Crippen molar-refractivity contribution in [3.63, 3.8) is 0 Å². The number of anilines is 3. The molecule has 0 spiro atoms. The third-order valence-corrected chi connectivity index (χ3v) is 7.01. The van der Waals surface area contributed by atoms with Gasteiger partial charge < -0.3 is 4.42 Å². The van der Waals surface area contributed by atoms with Crippen molar-refractivity contribution >= 4 is 50.2 Å². The van der Waals surface area contributed by atoms with Crippen LogP contribution in [0.25, 0.3) is 55.2 Å². The summed E-state index contributed by atoms with van der Waals surface area (Å²) in [5, 5.41) is 3.39. The Morgan fingerprint density at radius 1 is 0.583 bits per heavy atom. The van der Waals surface area contributed by atoms with Crippen molar-refractivity contribution in [2.45, 2.75) is 0 Å². The molecule has 3 heterocycles. The lowest BCUT2D eigenvalue weighted by molar-refractivity contribution is 0.667. The first-order valence-electron chi connectivity index (χ1n) is 12.0. The molecule has 0 amide bonds. The predicted molar refractivity (Wildman–Crippen MR) is 146 cm³/mol. The van der Waals surface area contributed by atoms with Gasteiger partial charge in [-0.25, -0.2) is 9.97 Å². The van der Waals surface area contributed by atoms with Crippen LogP contribution in [0.3, 0.4) is 0 Å². The van der Waals surface area contributed by atoms with E-state index in [2.05, 4.69) is 83.8 Å². The highest BCUT2D eigenvalue weighted by Crippen LogP contribution is 2.50. The first-order valence-corrected chi connectivity index (χ1v) is 12.0. The van der Waals surface area contributed by atoms with Crippen LogP contribution in [0.5, 0.6) is 0 Å². The lowest BCUT2D eigenvalue weighted by Gasteiger charge is -2.31. The number of aromatic nitrogens is 2. The van der Waals surface area contributed by atoms with Gasteiger partial charge in [0.2, 0.25) is 5.95 Å². The number of hydrogen-bond acceptors (Lipinski definition) is 4. The van der Waals surface area contributed by atoms with E-state index in [-0.39, 0.29) is 0 Å². The standard InChI is InChI=1S/C32H19N3O/c1-2-10-21(11-3-1)29-31-30(24-15-5-7-19-27(24)36-31)34-32(33-29)35-25-17-6-4-14-22(25)23-16-8-12-20-13-9-18-26(35)28(20)23/h1-19H. The average molecular weight is 462 g/mol. The molecule has 2 aromatic heterocycles. The first-order chi connectivity index (χ1) is 17.9. The highest BCUT2D eigenvalue weighted by atomic mass is 16.3. The van der Waals surface area contributed by atoms with Gasteiger partial charge in [0.15, 0.2) is 5.58 Å². The third kappa shape index (κ3) is 2.64. The molecule has 4 nitrogen and oxygen atoms in total. The third-order valence-electron chi connectivity index (χ3n) is 7.01. The zero-order valence-electron chi connectivity index (χ0n) is 19.2. The predicted octanol–water partition coefficient (Wildman–Crippen LogP) is 8.65. The van der Waals surface area contributed by atoms with Gasteiger partial charge in [0.25, 0.3) is 0 Å². The van der Waals surface area contributed by atoms with Gasteiger partial charge in [-0.2, -0.15) is 0 Å². The van der Waals surface area contributed by atoms with Gasteiger partial charge >= 0.3 is 0 Å². The zero-order chi connectivity index (χ0) is 23.6. The van der Waals surface area contributed by atoms with Crippen molar-refractivity contribution < 1.29 is 4.42 Å². The summed E-state index contributed by atoms with van der Waals surface area (Å²) in [5.41, 5.74) is 8.65. The minimum absolute atomic E-state index is 0.627. The summed E-state index contributed by atoms with van der Waals surface area (Å²) in [4.78, 5) is 12.5. The van der Waals surface area contributed by atoms with Gasteiger partial charge in [0.05, 0.1) is 11.4 Å². The van der Waals surface area contributed by atoms with Crippen molar-refractivity contribution in [2.75, 3.05) is 4.90 Å². The number of benzene rings is 5. The number of furan rings is 1. The Bertz CT molecular complexity index is 1950. The molecule has 7 aromatic rings. The fraction of sp³-hybridized carbons (Fsp3) is 0. The van der Waals surface area contributed by atoms with Crippen molar-refractivity contribution in [1.29, 1.82) is 0 Å². The molecule has 8 rings (SSSR count). The van der Waals surface area contributed by atoms with Crippen molar-refractivity contribution in [1.82, 2.24) is 9.97 Å². The molecule has 4 heteroatoms. The van der Waals surface area contributed by atoms with Crippen LogP contribution in [-0.4, -0.2) is 9.97 Å². The minimum atomic E-state index is 0.627. The Balaban J connectivity index is 1.51. The molecule has 0 radical (unpaired) electrons. The van der Waals surface area contributed by atoms with E-state index >= 15 is 0 Å². The number of nitrogens with zero attached hydrogens (tertiary/aromatic N) is 3. The second kappa shape index (κ2) is 7.27. The minimum Gasteiger partial charge on any atom is -0.452 e. The summed E-state index contributed by atoms with van der Waals surface area (Å²) >= 11 is 0. The normalized spacial score (nSPS) is 12.4. The zero-order valence-corrected chi connectivity index (χ0v) is 19.2. The number of para-hydroxylation sites is 2. The van der Waals surface area contributed by atoms with Gasteiger partial charge in [-0.05, 0) is 35.2 Å². The Labute approximate surface area is 207 Å². The molecule has 0 aliphatic carbocycles. The van der Waals surface area contributed by atoms with Crippen LogP contribution in [-0.2, 0) is 0 Å². The van der Waals surface area contributed by atoms with Gasteiger partial charge in [0, 0.05) is 21.9 Å². The highest BCUT2D eigenvalue weighted by molar-refractivity contribution is 6.14. The molecule has 168 valence electrons. The van der Waals surface area contributed by atoms with E-state index in [0.717, 1.165) is 39.1 Å². The van der Waals surface area contributed by atoms with E-state index in [1.807, 2.05) is 36.4 Å². The second-order valence-electron chi connectivity index (χ2n) is 9.05. The fourth-order valence-corrected chi connectivity index (χ4v) is 5.44. The van der Waals surface area contributed by atoms with Crippen molar-refractivity contribution in [3.8, 4) is 22.4 Å². The van der Waals surface area contributed by atoms with E-state index in [1.165, 1.54) is 21.9 Å². The summed E-state index contributed by atoms with van der Waals surface area (Å²) in [7, 11) is 0. The Hall–Kier alpha value is -4.96. The van der Waals surface area contributed by atoms with E-state index in [4.69, 9.17) is 14.4 Å². The largest absolute Gasteiger partial charge is 0.452 e. The topological polar surface area (TPSA) is 42.2 Å². The Kier molecular flexibility index (Phi) is 3.91. The quantitative estimate of drug-likeness (QED) is 0.258. The molecule has 5 aromatic carbocycles. The molecular weight excluding hydrogens is 442 g/mol. The summed E-state index contributed by atoms with van der Waals surface area (Å²) < 4.78 is 6.32.